The van der Waals surface area contributed by atoms with Crippen LogP contribution in [0.1, 0.15) is 25.0 Å². The molecule has 0 unspecified atom stereocenters. The van der Waals surface area contributed by atoms with Gasteiger partial charge in [-0.25, -0.2) is 0 Å². The molecule has 0 aliphatic rings. The molecule has 0 bridgehead atoms. The van der Waals surface area contributed by atoms with Crippen LogP contribution in [0.4, 0.5) is 5.69 Å². The van der Waals surface area contributed by atoms with Crippen LogP contribution in [-0.4, -0.2) is 17.5 Å². The first kappa shape index (κ1) is 17.7. The fraction of sp³-hybridized carbons (Fsp3) is 0.238. The minimum Gasteiger partial charge on any atom is -0.494 e. The molecule has 1 amide bonds. The third kappa shape index (κ3) is 3.61. The summed E-state index contributed by atoms with van der Waals surface area (Å²) in [6.45, 7) is 6.17. The number of fused-ring (bicyclic) bond motifs is 1. The number of para-hydroxylation sites is 1. The van der Waals surface area contributed by atoms with Crippen molar-refractivity contribution in [2.75, 3.05) is 11.5 Å². The van der Waals surface area contributed by atoms with Crippen molar-refractivity contribution in [2.45, 2.75) is 27.3 Å². The van der Waals surface area contributed by atoms with Crippen molar-refractivity contribution >= 4 is 22.5 Å². The molecule has 5 nitrogen and oxygen atoms in total. The molecule has 3 rings (SSSR count). The van der Waals surface area contributed by atoms with Crippen molar-refractivity contribution in [1.29, 1.82) is 0 Å². The van der Waals surface area contributed by atoms with E-state index in [4.69, 9.17) is 4.74 Å². The molecule has 134 valence electrons. The van der Waals surface area contributed by atoms with Gasteiger partial charge in [0, 0.05) is 18.2 Å². The normalized spacial score (nSPS) is 10.7. The van der Waals surface area contributed by atoms with Gasteiger partial charge in [0.15, 0.2) is 0 Å². The molecular formula is C21H22N2O3. The smallest absolute Gasteiger partial charge is 0.253 e. The quantitative estimate of drug-likeness (QED) is 0.761. The van der Waals surface area contributed by atoms with Crippen molar-refractivity contribution in [1.82, 2.24) is 4.98 Å². The van der Waals surface area contributed by atoms with Crippen LogP contribution < -0.4 is 15.2 Å². The van der Waals surface area contributed by atoms with Gasteiger partial charge in [-0.2, -0.15) is 0 Å². The van der Waals surface area contributed by atoms with Gasteiger partial charge >= 0.3 is 0 Å². The van der Waals surface area contributed by atoms with E-state index in [0.29, 0.717) is 12.2 Å². The number of H-pyrrole nitrogens is 1. The molecule has 1 heterocycles. The number of amides is 1. The number of carbonyl (C=O) groups excluding carboxylic acids is 1. The zero-order valence-corrected chi connectivity index (χ0v) is 15.2. The first-order valence-electron chi connectivity index (χ1n) is 8.62. The molecule has 0 atom stereocenters. The number of aromatic nitrogens is 1. The Balaban J connectivity index is 1.95. The van der Waals surface area contributed by atoms with Crippen molar-refractivity contribution in [3.05, 3.63) is 70.0 Å². The first-order valence-corrected chi connectivity index (χ1v) is 8.62. The van der Waals surface area contributed by atoms with Crippen LogP contribution in [0.3, 0.4) is 0 Å². The Kier molecular flexibility index (Phi) is 5.07. The van der Waals surface area contributed by atoms with Gasteiger partial charge in [0.25, 0.3) is 5.56 Å². The minimum absolute atomic E-state index is 0.127. The van der Waals surface area contributed by atoms with Crippen LogP contribution in [0, 0.1) is 6.92 Å². The summed E-state index contributed by atoms with van der Waals surface area (Å²) >= 11 is 0. The van der Waals surface area contributed by atoms with Gasteiger partial charge in [0.2, 0.25) is 5.91 Å². The van der Waals surface area contributed by atoms with Gasteiger partial charge in [0.05, 0.1) is 18.7 Å². The van der Waals surface area contributed by atoms with Gasteiger partial charge in [-0.15, -0.1) is 0 Å². The summed E-state index contributed by atoms with van der Waals surface area (Å²) in [5.41, 5.74) is 2.94. The second-order valence-electron chi connectivity index (χ2n) is 6.19. The largest absolute Gasteiger partial charge is 0.494 e. The summed E-state index contributed by atoms with van der Waals surface area (Å²) in [6.07, 6.45) is 0. The van der Waals surface area contributed by atoms with Crippen LogP contribution in [-0.2, 0) is 11.3 Å². The lowest BCUT2D eigenvalue weighted by molar-refractivity contribution is -0.116. The average Bonchev–Trinajstić information content (AvgIpc) is 2.62. The van der Waals surface area contributed by atoms with Crippen LogP contribution in [0.25, 0.3) is 10.9 Å². The molecule has 0 saturated carbocycles. The summed E-state index contributed by atoms with van der Waals surface area (Å²) in [7, 11) is 0. The van der Waals surface area contributed by atoms with Crippen molar-refractivity contribution in [2.24, 2.45) is 0 Å². The predicted octanol–water partition coefficient (Wildman–Crippen LogP) is 3.79. The average molecular weight is 350 g/mol. The molecule has 5 heteroatoms. The van der Waals surface area contributed by atoms with E-state index in [2.05, 4.69) is 4.98 Å². The molecule has 0 spiro atoms. The van der Waals surface area contributed by atoms with E-state index in [9.17, 15) is 9.59 Å². The maximum absolute atomic E-state index is 12.5. The zero-order chi connectivity index (χ0) is 18.7. The standard InChI is InChI=1S/C21H22N2O3/c1-4-26-19-10-8-18(9-11-19)23(15(3)24)13-17-12-16-7-5-6-14(2)20(16)22-21(17)25/h5-12H,4,13H2,1-3H3,(H,22,25). The number of hydrogen-bond donors (Lipinski definition) is 1. The van der Waals surface area contributed by atoms with Gasteiger partial charge in [-0.3, -0.25) is 9.59 Å². The van der Waals surface area contributed by atoms with Crippen LogP contribution >= 0.6 is 0 Å². The lowest BCUT2D eigenvalue weighted by Crippen LogP contribution is -2.30. The molecule has 0 aliphatic heterocycles. The Labute approximate surface area is 152 Å². The fourth-order valence-corrected chi connectivity index (χ4v) is 2.99. The fourth-order valence-electron chi connectivity index (χ4n) is 2.99. The summed E-state index contributed by atoms with van der Waals surface area (Å²) in [4.78, 5) is 29.2. The molecule has 3 aromatic rings. The van der Waals surface area contributed by atoms with E-state index in [1.165, 1.54) is 6.92 Å². The summed E-state index contributed by atoms with van der Waals surface area (Å²) in [5, 5.41) is 0.954. The maximum atomic E-state index is 12.5. The number of nitrogens with one attached hydrogen (secondary N) is 1. The lowest BCUT2D eigenvalue weighted by atomic mass is 10.1. The second-order valence-corrected chi connectivity index (χ2v) is 6.19. The van der Waals surface area contributed by atoms with Gasteiger partial charge in [0.1, 0.15) is 5.75 Å². The number of rotatable bonds is 5. The maximum Gasteiger partial charge on any atom is 0.253 e. The number of benzene rings is 2. The molecule has 0 aliphatic carbocycles. The summed E-state index contributed by atoms with van der Waals surface area (Å²) in [6, 6.07) is 15.0. The topological polar surface area (TPSA) is 62.4 Å². The Morgan fingerprint density at radius 2 is 1.88 bits per heavy atom. The Morgan fingerprint density at radius 3 is 2.54 bits per heavy atom. The molecule has 0 saturated heterocycles. The van der Waals surface area contributed by atoms with Gasteiger partial charge in [-0.05, 0) is 55.1 Å². The number of nitrogens with zero attached hydrogens (tertiary/aromatic N) is 1. The van der Waals surface area contributed by atoms with E-state index < -0.39 is 0 Å². The molecule has 26 heavy (non-hydrogen) atoms. The van der Waals surface area contributed by atoms with Crippen LogP contribution in [0.15, 0.2) is 53.3 Å². The summed E-state index contributed by atoms with van der Waals surface area (Å²) in [5.74, 6) is 0.622. The van der Waals surface area contributed by atoms with Crippen molar-refractivity contribution < 1.29 is 9.53 Å². The van der Waals surface area contributed by atoms with Crippen molar-refractivity contribution in [3.63, 3.8) is 0 Å². The number of anilines is 1. The molecule has 1 aromatic heterocycles. The highest BCUT2D eigenvalue weighted by molar-refractivity contribution is 5.91. The highest BCUT2D eigenvalue weighted by Gasteiger charge is 2.15. The summed E-state index contributed by atoms with van der Waals surface area (Å²) < 4.78 is 5.44. The van der Waals surface area contributed by atoms with E-state index in [-0.39, 0.29) is 18.0 Å². The van der Waals surface area contributed by atoms with E-state index >= 15 is 0 Å². The molecule has 1 N–H and O–H groups in total. The van der Waals surface area contributed by atoms with Crippen LogP contribution in [0.2, 0.25) is 0 Å². The first-order chi connectivity index (χ1) is 12.5. The Hall–Kier alpha value is -3.08. The number of carbonyl (C=O) groups is 1. The Bertz CT molecular complexity index is 990. The number of aromatic amines is 1. The number of aryl methyl sites for hydroxylation is 1. The lowest BCUT2D eigenvalue weighted by Gasteiger charge is -2.21. The van der Waals surface area contributed by atoms with Crippen LogP contribution in [0.5, 0.6) is 5.75 Å². The Morgan fingerprint density at radius 1 is 1.15 bits per heavy atom. The van der Waals surface area contributed by atoms with E-state index in [0.717, 1.165) is 27.9 Å². The molecular weight excluding hydrogens is 328 g/mol. The minimum atomic E-state index is -0.177. The molecule has 2 aromatic carbocycles. The SMILES string of the molecule is CCOc1ccc(N(Cc2cc3cccc(C)c3[nH]c2=O)C(C)=O)cc1. The predicted molar refractivity (Wildman–Crippen MR) is 104 cm³/mol. The van der Waals surface area contributed by atoms with E-state index in [1.54, 1.807) is 4.90 Å². The van der Waals surface area contributed by atoms with E-state index in [1.807, 2.05) is 62.4 Å². The van der Waals surface area contributed by atoms with Gasteiger partial charge in [-0.1, -0.05) is 18.2 Å². The number of hydrogen-bond acceptors (Lipinski definition) is 3. The molecule has 0 fully saturated rings. The van der Waals surface area contributed by atoms with Gasteiger partial charge < -0.3 is 14.6 Å². The molecule has 0 radical (unpaired) electrons. The number of pyridine rings is 1. The highest BCUT2D eigenvalue weighted by atomic mass is 16.5. The third-order valence-electron chi connectivity index (χ3n) is 4.33. The second kappa shape index (κ2) is 7.44. The third-order valence-corrected chi connectivity index (χ3v) is 4.33. The zero-order valence-electron chi connectivity index (χ0n) is 15.2. The number of ether oxygens (including phenoxy) is 1. The highest BCUT2D eigenvalue weighted by Crippen LogP contribution is 2.22. The van der Waals surface area contributed by atoms with Crippen molar-refractivity contribution in [3.8, 4) is 5.75 Å². The monoisotopic (exact) mass is 350 g/mol.